The molecule has 0 heterocycles. The highest BCUT2D eigenvalue weighted by molar-refractivity contribution is 5.17. The Morgan fingerprint density at radius 2 is 1.45 bits per heavy atom. The zero-order chi connectivity index (χ0) is 15.6. The molecular formula is C17H20N4O. The molecule has 0 bridgehead atoms. The minimum Gasteiger partial charge on any atom is -0.395 e. The number of azide groups is 1. The summed E-state index contributed by atoms with van der Waals surface area (Å²) in [6.45, 7) is 1.61. The fraction of sp³-hybridized carbons (Fsp3) is 0.294. The van der Waals surface area contributed by atoms with Crippen molar-refractivity contribution >= 4 is 0 Å². The number of hydrogen-bond acceptors (Lipinski definition) is 3. The summed E-state index contributed by atoms with van der Waals surface area (Å²) in [4.78, 5) is 4.95. The van der Waals surface area contributed by atoms with Gasteiger partial charge in [0.05, 0.1) is 6.61 Å². The molecule has 0 spiro atoms. The Bertz CT molecular complexity index is 555. The zero-order valence-corrected chi connectivity index (χ0v) is 12.4. The van der Waals surface area contributed by atoms with Gasteiger partial charge in [0, 0.05) is 30.6 Å². The number of aliphatic hydroxyl groups excluding tert-OH is 1. The van der Waals surface area contributed by atoms with Crippen LogP contribution in [0.4, 0.5) is 0 Å². The van der Waals surface area contributed by atoms with Gasteiger partial charge >= 0.3 is 0 Å². The molecule has 2 aromatic rings. The first-order valence-electron chi connectivity index (χ1n) is 7.27. The molecule has 2 aromatic carbocycles. The zero-order valence-electron chi connectivity index (χ0n) is 12.4. The number of aliphatic hydroxyl groups is 1. The van der Waals surface area contributed by atoms with E-state index in [1.807, 2.05) is 36.4 Å². The molecule has 1 atom stereocenters. The van der Waals surface area contributed by atoms with Crippen molar-refractivity contribution in [3.05, 3.63) is 82.2 Å². The van der Waals surface area contributed by atoms with E-state index in [1.165, 1.54) is 0 Å². The largest absolute Gasteiger partial charge is 0.395 e. The average Bonchev–Trinajstić information content (AvgIpc) is 2.57. The fourth-order valence-electron chi connectivity index (χ4n) is 2.37. The lowest BCUT2D eigenvalue weighted by atomic mass is 10.1. The summed E-state index contributed by atoms with van der Waals surface area (Å²) in [6, 6.07) is 20.0. The number of benzene rings is 2. The minimum absolute atomic E-state index is 0.0430. The van der Waals surface area contributed by atoms with E-state index < -0.39 is 0 Å². The highest BCUT2D eigenvalue weighted by atomic mass is 16.3. The molecule has 2 rings (SSSR count). The summed E-state index contributed by atoms with van der Waals surface area (Å²) in [6.07, 6.45) is 0. The molecule has 5 nitrogen and oxygen atoms in total. The quantitative estimate of drug-likeness (QED) is 0.461. The molecule has 0 aromatic heterocycles. The van der Waals surface area contributed by atoms with Crippen molar-refractivity contribution < 1.29 is 5.11 Å². The normalized spacial score (nSPS) is 11.9. The Balaban J connectivity index is 2.16. The average molecular weight is 296 g/mol. The van der Waals surface area contributed by atoms with Crippen LogP contribution >= 0.6 is 0 Å². The van der Waals surface area contributed by atoms with Crippen molar-refractivity contribution in [1.82, 2.24) is 4.90 Å². The van der Waals surface area contributed by atoms with E-state index in [1.54, 1.807) is 0 Å². The monoisotopic (exact) mass is 296 g/mol. The lowest BCUT2D eigenvalue weighted by Gasteiger charge is -2.29. The molecule has 0 saturated carbocycles. The number of hydrogen-bond donors (Lipinski definition) is 1. The van der Waals surface area contributed by atoms with Crippen LogP contribution in [0.25, 0.3) is 10.4 Å². The molecule has 0 fully saturated rings. The topological polar surface area (TPSA) is 72.2 Å². The smallest absolute Gasteiger partial charge is 0.0588 e. The molecule has 1 N–H and O–H groups in total. The summed E-state index contributed by atoms with van der Waals surface area (Å²) < 4.78 is 0. The Hall–Kier alpha value is -2.33. The van der Waals surface area contributed by atoms with E-state index in [-0.39, 0.29) is 19.2 Å². The van der Waals surface area contributed by atoms with Crippen LogP contribution in [0.2, 0.25) is 0 Å². The van der Waals surface area contributed by atoms with Gasteiger partial charge in [0.25, 0.3) is 0 Å². The molecule has 0 aliphatic heterocycles. The van der Waals surface area contributed by atoms with Gasteiger partial charge in [-0.25, -0.2) is 0 Å². The van der Waals surface area contributed by atoms with Crippen molar-refractivity contribution in [2.24, 2.45) is 5.11 Å². The standard InChI is InChI=1S/C17H20N4O/c18-20-19-11-17(14-22)21(12-15-7-3-1-4-8-15)13-16-9-5-2-6-10-16/h1-10,17,22H,11-14H2/t17-/m1/s1. The van der Waals surface area contributed by atoms with Gasteiger partial charge in [-0.1, -0.05) is 65.8 Å². The maximum absolute atomic E-state index is 9.65. The summed E-state index contributed by atoms with van der Waals surface area (Å²) in [5, 5.41) is 13.3. The highest BCUT2D eigenvalue weighted by Gasteiger charge is 2.17. The SMILES string of the molecule is [N-]=[N+]=NC[C@H](CO)N(Cc1ccccc1)Cc1ccccc1. The predicted octanol–water partition coefficient (Wildman–Crippen LogP) is 3.36. The first kappa shape index (κ1) is 16.0. The summed E-state index contributed by atoms with van der Waals surface area (Å²) in [7, 11) is 0. The van der Waals surface area contributed by atoms with Crippen LogP contribution in [0.1, 0.15) is 11.1 Å². The van der Waals surface area contributed by atoms with E-state index >= 15 is 0 Å². The summed E-state index contributed by atoms with van der Waals surface area (Å²) >= 11 is 0. The van der Waals surface area contributed by atoms with E-state index in [9.17, 15) is 5.11 Å². The van der Waals surface area contributed by atoms with E-state index in [2.05, 4.69) is 39.2 Å². The molecule has 22 heavy (non-hydrogen) atoms. The molecule has 0 aliphatic carbocycles. The van der Waals surface area contributed by atoms with Crippen molar-refractivity contribution in [2.45, 2.75) is 19.1 Å². The molecule has 0 amide bonds. The van der Waals surface area contributed by atoms with Crippen LogP contribution in [-0.2, 0) is 13.1 Å². The lowest BCUT2D eigenvalue weighted by molar-refractivity contribution is 0.115. The molecule has 0 aliphatic rings. The summed E-state index contributed by atoms with van der Waals surface area (Å²) in [5.74, 6) is 0. The lowest BCUT2D eigenvalue weighted by Crippen LogP contribution is -2.39. The van der Waals surface area contributed by atoms with Gasteiger partial charge in [-0.15, -0.1) is 0 Å². The van der Waals surface area contributed by atoms with E-state index in [4.69, 9.17) is 5.53 Å². The Labute approximate surface area is 130 Å². The maximum atomic E-state index is 9.65. The van der Waals surface area contributed by atoms with Crippen LogP contribution in [0.3, 0.4) is 0 Å². The molecule has 114 valence electrons. The summed E-state index contributed by atoms with van der Waals surface area (Å²) in [5.41, 5.74) is 10.9. The van der Waals surface area contributed by atoms with Gasteiger partial charge in [-0.05, 0) is 16.7 Å². The Morgan fingerprint density at radius 3 is 1.86 bits per heavy atom. The molecule has 0 saturated heterocycles. The second-order valence-corrected chi connectivity index (χ2v) is 5.13. The van der Waals surface area contributed by atoms with Crippen molar-refractivity contribution in [1.29, 1.82) is 0 Å². The molecule has 5 heteroatoms. The van der Waals surface area contributed by atoms with Crippen molar-refractivity contribution in [3.8, 4) is 0 Å². The van der Waals surface area contributed by atoms with Crippen LogP contribution in [-0.4, -0.2) is 29.2 Å². The first-order valence-corrected chi connectivity index (χ1v) is 7.27. The van der Waals surface area contributed by atoms with Crippen molar-refractivity contribution in [2.75, 3.05) is 13.2 Å². The van der Waals surface area contributed by atoms with Gasteiger partial charge in [0.2, 0.25) is 0 Å². The second kappa shape index (κ2) is 8.85. The van der Waals surface area contributed by atoms with Crippen LogP contribution in [0.15, 0.2) is 65.8 Å². The first-order chi connectivity index (χ1) is 10.8. The number of rotatable bonds is 8. The Morgan fingerprint density at radius 1 is 0.955 bits per heavy atom. The Kier molecular flexibility index (Phi) is 6.45. The minimum atomic E-state index is -0.198. The fourth-order valence-corrected chi connectivity index (χ4v) is 2.37. The molecule has 0 radical (unpaired) electrons. The third-order valence-corrected chi connectivity index (χ3v) is 3.54. The second-order valence-electron chi connectivity index (χ2n) is 5.13. The van der Waals surface area contributed by atoms with Crippen molar-refractivity contribution in [3.63, 3.8) is 0 Å². The van der Waals surface area contributed by atoms with Gasteiger partial charge in [-0.3, -0.25) is 4.90 Å². The van der Waals surface area contributed by atoms with Crippen LogP contribution in [0.5, 0.6) is 0 Å². The van der Waals surface area contributed by atoms with Gasteiger partial charge < -0.3 is 5.11 Å². The van der Waals surface area contributed by atoms with E-state index in [0.717, 1.165) is 11.1 Å². The van der Waals surface area contributed by atoms with Crippen LogP contribution < -0.4 is 0 Å². The van der Waals surface area contributed by atoms with E-state index in [0.29, 0.717) is 13.1 Å². The third-order valence-electron chi connectivity index (χ3n) is 3.54. The van der Waals surface area contributed by atoms with Gasteiger partial charge in [-0.2, -0.15) is 0 Å². The van der Waals surface area contributed by atoms with Gasteiger partial charge in [0.1, 0.15) is 0 Å². The third kappa shape index (κ3) is 4.90. The predicted molar refractivity (Wildman–Crippen MR) is 87.0 cm³/mol. The molecular weight excluding hydrogens is 276 g/mol. The van der Waals surface area contributed by atoms with Crippen LogP contribution in [0, 0.1) is 0 Å². The molecule has 0 unspecified atom stereocenters. The maximum Gasteiger partial charge on any atom is 0.0588 e. The number of nitrogens with zero attached hydrogens (tertiary/aromatic N) is 4. The highest BCUT2D eigenvalue weighted by Crippen LogP contribution is 2.14. The van der Waals surface area contributed by atoms with Gasteiger partial charge in [0.15, 0.2) is 0 Å².